The highest BCUT2D eigenvalue weighted by Crippen LogP contribution is 2.28. The summed E-state index contributed by atoms with van der Waals surface area (Å²) in [7, 11) is 1.29. The summed E-state index contributed by atoms with van der Waals surface area (Å²) in [6, 6.07) is 3.80. The summed E-state index contributed by atoms with van der Waals surface area (Å²) >= 11 is 0. The molecule has 1 aliphatic heterocycles. The van der Waals surface area contributed by atoms with E-state index in [4.69, 9.17) is 14.6 Å². The largest absolute Gasteiger partial charge is 0.490 e. The number of hydrogen-bond donors (Lipinski definition) is 2. The summed E-state index contributed by atoms with van der Waals surface area (Å²) in [6.45, 7) is 0.430. The van der Waals surface area contributed by atoms with Crippen LogP contribution in [0.2, 0.25) is 0 Å². The molecule has 1 aliphatic rings. The molecule has 1 unspecified atom stereocenters. The van der Waals surface area contributed by atoms with Crippen LogP contribution in [0.25, 0.3) is 0 Å². The lowest BCUT2D eigenvalue weighted by Gasteiger charge is -2.27. The smallest absolute Gasteiger partial charge is 0.311 e. The van der Waals surface area contributed by atoms with Crippen molar-refractivity contribution in [1.82, 2.24) is 5.32 Å². The highest BCUT2D eigenvalue weighted by molar-refractivity contribution is 5.96. The van der Waals surface area contributed by atoms with Crippen molar-refractivity contribution >= 4 is 17.6 Å². The molecule has 124 valence electrons. The van der Waals surface area contributed by atoms with E-state index in [-0.39, 0.29) is 30.0 Å². The quantitative estimate of drug-likeness (QED) is 0.589. The Hall–Kier alpha value is -2.68. The number of amides is 1. The Morgan fingerprint density at radius 1 is 1.52 bits per heavy atom. The zero-order valence-electron chi connectivity index (χ0n) is 12.4. The van der Waals surface area contributed by atoms with Crippen LogP contribution in [0.4, 0.5) is 5.69 Å². The molecule has 9 nitrogen and oxygen atoms in total. The van der Waals surface area contributed by atoms with Crippen LogP contribution < -0.4 is 10.1 Å². The van der Waals surface area contributed by atoms with E-state index in [1.807, 2.05) is 0 Å². The van der Waals surface area contributed by atoms with E-state index < -0.39 is 22.3 Å². The minimum Gasteiger partial charge on any atom is -0.490 e. The third kappa shape index (κ3) is 3.75. The lowest BCUT2D eigenvalue weighted by Crippen LogP contribution is -2.50. The molecule has 0 spiro atoms. The van der Waals surface area contributed by atoms with Gasteiger partial charge in [0.15, 0.2) is 5.75 Å². The number of nitrogens with zero attached hydrogens (tertiary/aromatic N) is 1. The Bertz CT molecular complexity index is 638. The summed E-state index contributed by atoms with van der Waals surface area (Å²) in [4.78, 5) is 33.7. The van der Waals surface area contributed by atoms with Gasteiger partial charge in [0.25, 0.3) is 5.91 Å². The number of benzene rings is 1. The first-order valence-corrected chi connectivity index (χ1v) is 6.81. The number of nitro groups is 1. The zero-order chi connectivity index (χ0) is 17.0. The predicted octanol–water partition coefficient (Wildman–Crippen LogP) is 0.967. The number of nitrogens with one attached hydrogen (secondary N) is 1. The molecular formula is C14H16N2O7. The summed E-state index contributed by atoms with van der Waals surface area (Å²) < 4.78 is 10.1. The third-order valence-electron chi connectivity index (χ3n) is 3.61. The van der Waals surface area contributed by atoms with Gasteiger partial charge in [0.05, 0.1) is 30.6 Å². The molecule has 0 aromatic heterocycles. The maximum absolute atomic E-state index is 12.3. The van der Waals surface area contributed by atoms with Crippen LogP contribution in [0.15, 0.2) is 18.2 Å². The van der Waals surface area contributed by atoms with Gasteiger partial charge in [-0.1, -0.05) is 0 Å². The maximum Gasteiger partial charge on any atom is 0.311 e. The van der Waals surface area contributed by atoms with Gasteiger partial charge in [-0.25, -0.2) is 0 Å². The van der Waals surface area contributed by atoms with E-state index >= 15 is 0 Å². The Kier molecular flexibility index (Phi) is 4.80. The molecule has 1 amide bonds. The number of ether oxygens (including phenoxy) is 2. The van der Waals surface area contributed by atoms with Crippen LogP contribution in [0, 0.1) is 10.1 Å². The normalized spacial score (nSPS) is 20.0. The van der Waals surface area contributed by atoms with Gasteiger partial charge in [-0.05, 0) is 18.6 Å². The molecule has 0 bridgehead atoms. The van der Waals surface area contributed by atoms with Gasteiger partial charge in [-0.15, -0.1) is 0 Å². The van der Waals surface area contributed by atoms with Gasteiger partial charge >= 0.3 is 11.7 Å². The summed E-state index contributed by atoms with van der Waals surface area (Å²) in [5.74, 6) is -1.62. The van der Waals surface area contributed by atoms with Crippen LogP contribution >= 0.6 is 0 Å². The number of carboxylic acid groups (broad SMARTS) is 1. The molecule has 9 heteroatoms. The van der Waals surface area contributed by atoms with Crippen LogP contribution in [0.1, 0.15) is 23.2 Å². The van der Waals surface area contributed by atoms with Gasteiger partial charge in [-0.3, -0.25) is 19.7 Å². The topological polar surface area (TPSA) is 128 Å². The molecule has 2 rings (SSSR count). The number of carboxylic acids is 1. The van der Waals surface area contributed by atoms with Crippen molar-refractivity contribution in [3.05, 3.63) is 33.9 Å². The maximum atomic E-state index is 12.3. The average Bonchev–Trinajstić information content (AvgIpc) is 2.93. The van der Waals surface area contributed by atoms with E-state index in [9.17, 15) is 19.7 Å². The van der Waals surface area contributed by atoms with Crippen molar-refractivity contribution in [3.8, 4) is 5.75 Å². The standard InChI is InChI=1S/C14H16N2O7/c1-22-11-3-2-9(6-10(11)16(20)21)13(19)15-14(7-12(17)18)4-5-23-8-14/h2-3,6H,4-5,7-8H2,1H3,(H,15,19)(H,17,18). The monoisotopic (exact) mass is 324 g/mol. The summed E-state index contributed by atoms with van der Waals surface area (Å²) in [5.41, 5.74) is -1.29. The first-order valence-electron chi connectivity index (χ1n) is 6.81. The molecule has 0 radical (unpaired) electrons. The molecule has 23 heavy (non-hydrogen) atoms. The number of hydrogen-bond acceptors (Lipinski definition) is 6. The average molecular weight is 324 g/mol. The van der Waals surface area contributed by atoms with Gasteiger partial charge in [-0.2, -0.15) is 0 Å². The molecule has 1 aromatic carbocycles. The first kappa shape index (κ1) is 16.7. The second-order valence-corrected chi connectivity index (χ2v) is 5.25. The van der Waals surface area contributed by atoms with Gasteiger partial charge in [0.2, 0.25) is 0 Å². The second-order valence-electron chi connectivity index (χ2n) is 5.25. The Morgan fingerprint density at radius 3 is 2.78 bits per heavy atom. The lowest BCUT2D eigenvalue weighted by molar-refractivity contribution is -0.385. The van der Waals surface area contributed by atoms with Gasteiger partial charge < -0.3 is 19.9 Å². The van der Waals surface area contributed by atoms with Crippen LogP contribution in [0.5, 0.6) is 5.75 Å². The van der Waals surface area contributed by atoms with Gasteiger partial charge in [0.1, 0.15) is 0 Å². The molecule has 1 atom stereocenters. The molecule has 1 heterocycles. The Balaban J connectivity index is 2.24. The fourth-order valence-corrected chi connectivity index (χ4v) is 2.47. The zero-order valence-corrected chi connectivity index (χ0v) is 12.4. The SMILES string of the molecule is COc1ccc(C(=O)NC2(CC(=O)O)CCOC2)cc1[N+](=O)[O-]. The van der Waals surface area contributed by atoms with Gasteiger partial charge in [0, 0.05) is 18.2 Å². The molecule has 1 saturated heterocycles. The Morgan fingerprint density at radius 2 is 2.26 bits per heavy atom. The van der Waals surface area contributed by atoms with E-state index in [0.29, 0.717) is 13.0 Å². The van der Waals surface area contributed by atoms with E-state index in [2.05, 4.69) is 5.32 Å². The van der Waals surface area contributed by atoms with Crippen molar-refractivity contribution in [2.75, 3.05) is 20.3 Å². The third-order valence-corrected chi connectivity index (χ3v) is 3.61. The Labute approximate surface area is 131 Å². The van der Waals surface area contributed by atoms with Crippen molar-refractivity contribution in [2.24, 2.45) is 0 Å². The minimum atomic E-state index is -1.06. The number of rotatable bonds is 6. The number of carbonyl (C=O) groups is 2. The molecular weight excluding hydrogens is 308 g/mol. The second kappa shape index (κ2) is 6.61. The van der Waals surface area contributed by atoms with Crippen LogP contribution in [-0.4, -0.2) is 47.8 Å². The summed E-state index contributed by atoms with van der Waals surface area (Å²) in [5, 5.41) is 22.6. The van der Waals surface area contributed by atoms with Crippen molar-refractivity contribution < 1.29 is 29.1 Å². The van der Waals surface area contributed by atoms with Crippen molar-refractivity contribution in [3.63, 3.8) is 0 Å². The molecule has 0 aliphatic carbocycles. The molecule has 1 aromatic rings. The number of nitro benzene ring substituents is 1. The highest BCUT2D eigenvalue weighted by atomic mass is 16.6. The van der Waals surface area contributed by atoms with Crippen LogP contribution in [-0.2, 0) is 9.53 Å². The molecule has 2 N–H and O–H groups in total. The number of carbonyl (C=O) groups excluding carboxylic acids is 1. The number of aliphatic carboxylic acids is 1. The first-order chi connectivity index (χ1) is 10.9. The fraction of sp³-hybridized carbons (Fsp3) is 0.429. The fourth-order valence-electron chi connectivity index (χ4n) is 2.47. The molecule has 0 saturated carbocycles. The van der Waals surface area contributed by atoms with Crippen molar-refractivity contribution in [2.45, 2.75) is 18.4 Å². The van der Waals surface area contributed by atoms with E-state index in [1.54, 1.807) is 0 Å². The summed E-state index contributed by atoms with van der Waals surface area (Å²) in [6.07, 6.45) is 0.0836. The van der Waals surface area contributed by atoms with Crippen LogP contribution in [0.3, 0.4) is 0 Å². The van der Waals surface area contributed by atoms with E-state index in [1.165, 1.54) is 19.2 Å². The van der Waals surface area contributed by atoms with Crippen molar-refractivity contribution in [1.29, 1.82) is 0 Å². The predicted molar refractivity (Wildman–Crippen MR) is 77.5 cm³/mol. The minimum absolute atomic E-state index is 0.0380. The lowest BCUT2D eigenvalue weighted by atomic mass is 9.93. The van der Waals surface area contributed by atoms with E-state index in [0.717, 1.165) is 6.07 Å². The highest BCUT2D eigenvalue weighted by Gasteiger charge is 2.39. The number of methoxy groups -OCH3 is 1. The molecule has 1 fully saturated rings.